The van der Waals surface area contributed by atoms with Crippen molar-refractivity contribution in [2.45, 2.75) is 32.5 Å². The first kappa shape index (κ1) is 9.47. The highest BCUT2D eigenvalue weighted by atomic mass is 16.5. The molecule has 0 fully saturated rings. The van der Waals surface area contributed by atoms with Gasteiger partial charge in [0, 0.05) is 0 Å². The second-order valence-corrected chi connectivity index (χ2v) is 3.96. The Bertz CT molecular complexity index is 326. The highest BCUT2D eigenvalue weighted by molar-refractivity contribution is 5.21. The van der Waals surface area contributed by atoms with Crippen molar-refractivity contribution < 1.29 is 4.74 Å². The van der Waals surface area contributed by atoms with Gasteiger partial charge in [-0.25, -0.2) is 0 Å². The highest BCUT2D eigenvalue weighted by Crippen LogP contribution is 2.30. The average Bonchev–Trinajstić information content (AvgIpc) is 2.18. The Hall–Kier alpha value is -1.08. The Labute approximate surface area is 85.4 Å². The van der Waals surface area contributed by atoms with Gasteiger partial charge in [0.15, 0.2) is 0 Å². The maximum Gasteiger partial charge on any atom is 0.0869 e. The minimum absolute atomic E-state index is 0.244. The molecule has 1 aromatic carbocycles. The van der Waals surface area contributed by atoms with E-state index in [4.69, 9.17) is 4.74 Å². The summed E-state index contributed by atoms with van der Waals surface area (Å²) in [6, 6.07) is 10.4. The zero-order valence-electron chi connectivity index (χ0n) is 8.73. The molecule has 1 aliphatic rings. The molecule has 74 valence electrons. The van der Waals surface area contributed by atoms with Crippen molar-refractivity contribution in [1.82, 2.24) is 0 Å². The highest BCUT2D eigenvalue weighted by Gasteiger charge is 2.19. The summed E-state index contributed by atoms with van der Waals surface area (Å²) < 4.78 is 5.87. The van der Waals surface area contributed by atoms with Crippen LogP contribution in [0.1, 0.15) is 31.9 Å². The van der Waals surface area contributed by atoms with E-state index < -0.39 is 0 Å². The first-order valence-electron chi connectivity index (χ1n) is 5.13. The molecule has 0 saturated carbocycles. The van der Waals surface area contributed by atoms with Crippen molar-refractivity contribution in [3.8, 4) is 0 Å². The Balaban J connectivity index is 2.18. The predicted molar refractivity (Wildman–Crippen MR) is 58.1 cm³/mol. The van der Waals surface area contributed by atoms with Crippen LogP contribution in [0.15, 0.2) is 42.0 Å². The van der Waals surface area contributed by atoms with E-state index in [1.54, 1.807) is 0 Å². The first-order chi connectivity index (χ1) is 6.75. The normalized spacial score (nSPS) is 27.1. The third-order valence-corrected chi connectivity index (χ3v) is 2.58. The Morgan fingerprint density at radius 2 is 1.93 bits per heavy atom. The Morgan fingerprint density at radius 1 is 1.21 bits per heavy atom. The predicted octanol–water partition coefficient (Wildman–Crippen LogP) is 3.48. The SMILES string of the molecule is CC1=C[C@H](C)O[C@H](c2ccccc2)C1. The zero-order chi connectivity index (χ0) is 9.97. The fraction of sp³-hybridized carbons (Fsp3) is 0.385. The Kier molecular flexibility index (Phi) is 2.69. The molecule has 1 heteroatoms. The van der Waals surface area contributed by atoms with Crippen LogP contribution in [0.25, 0.3) is 0 Å². The summed E-state index contributed by atoms with van der Waals surface area (Å²) in [6.07, 6.45) is 3.71. The van der Waals surface area contributed by atoms with E-state index in [1.165, 1.54) is 11.1 Å². The maximum atomic E-state index is 5.87. The Morgan fingerprint density at radius 3 is 2.57 bits per heavy atom. The van der Waals surface area contributed by atoms with Gasteiger partial charge in [-0.05, 0) is 25.8 Å². The molecule has 0 radical (unpaired) electrons. The van der Waals surface area contributed by atoms with Crippen LogP contribution < -0.4 is 0 Å². The summed E-state index contributed by atoms with van der Waals surface area (Å²) in [5.41, 5.74) is 2.71. The average molecular weight is 188 g/mol. The zero-order valence-corrected chi connectivity index (χ0v) is 8.73. The van der Waals surface area contributed by atoms with Gasteiger partial charge >= 0.3 is 0 Å². The molecule has 0 amide bonds. The smallest absolute Gasteiger partial charge is 0.0869 e. The van der Waals surface area contributed by atoms with Gasteiger partial charge in [0.2, 0.25) is 0 Å². The molecule has 2 atom stereocenters. The third-order valence-electron chi connectivity index (χ3n) is 2.58. The maximum absolute atomic E-state index is 5.87. The molecule has 1 aromatic rings. The molecule has 0 aromatic heterocycles. The summed E-state index contributed by atoms with van der Waals surface area (Å²) in [5, 5.41) is 0. The number of ether oxygens (including phenoxy) is 1. The molecule has 0 aliphatic carbocycles. The number of benzene rings is 1. The van der Waals surface area contributed by atoms with Gasteiger partial charge in [-0.3, -0.25) is 0 Å². The van der Waals surface area contributed by atoms with Crippen molar-refractivity contribution in [2.24, 2.45) is 0 Å². The minimum atomic E-state index is 0.244. The lowest BCUT2D eigenvalue weighted by Gasteiger charge is -2.26. The van der Waals surface area contributed by atoms with Gasteiger partial charge in [0.1, 0.15) is 0 Å². The van der Waals surface area contributed by atoms with E-state index in [-0.39, 0.29) is 12.2 Å². The van der Waals surface area contributed by atoms with Gasteiger partial charge in [-0.2, -0.15) is 0 Å². The number of rotatable bonds is 1. The molecule has 14 heavy (non-hydrogen) atoms. The second-order valence-electron chi connectivity index (χ2n) is 3.96. The first-order valence-corrected chi connectivity index (χ1v) is 5.13. The lowest BCUT2D eigenvalue weighted by Crippen LogP contribution is -2.17. The fourth-order valence-electron chi connectivity index (χ4n) is 1.97. The van der Waals surface area contributed by atoms with Crippen molar-refractivity contribution in [3.05, 3.63) is 47.5 Å². The monoisotopic (exact) mass is 188 g/mol. The third kappa shape index (κ3) is 2.05. The molecule has 0 spiro atoms. The molecule has 1 nitrogen and oxygen atoms in total. The quantitative estimate of drug-likeness (QED) is 0.613. The van der Waals surface area contributed by atoms with Crippen LogP contribution in [0.2, 0.25) is 0 Å². The lowest BCUT2D eigenvalue weighted by molar-refractivity contribution is 0.0114. The molecule has 0 bridgehead atoms. The van der Waals surface area contributed by atoms with Crippen LogP contribution >= 0.6 is 0 Å². The van der Waals surface area contributed by atoms with Crippen LogP contribution in [0, 0.1) is 0 Å². The van der Waals surface area contributed by atoms with Crippen LogP contribution in [0.4, 0.5) is 0 Å². The van der Waals surface area contributed by atoms with E-state index in [9.17, 15) is 0 Å². The van der Waals surface area contributed by atoms with E-state index in [0.29, 0.717) is 0 Å². The van der Waals surface area contributed by atoms with Crippen LogP contribution in [0.3, 0.4) is 0 Å². The molecular formula is C13H16O. The summed E-state index contributed by atoms with van der Waals surface area (Å²) in [4.78, 5) is 0. The standard InChI is InChI=1S/C13H16O/c1-10-8-11(2)14-13(9-10)12-6-4-3-5-7-12/h3-8,11,13H,9H2,1-2H3/t11-,13-/m0/s1. The molecule has 0 unspecified atom stereocenters. The van der Waals surface area contributed by atoms with Crippen molar-refractivity contribution in [3.63, 3.8) is 0 Å². The summed E-state index contributed by atoms with van der Waals surface area (Å²) in [7, 11) is 0. The topological polar surface area (TPSA) is 9.23 Å². The molecule has 0 N–H and O–H groups in total. The molecule has 1 aliphatic heterocycles. The van der Waals surface area contributed by atoms with Gasteiger partial charge in [0.25, 0.3) is 0 Å². The largest absolute Gasteiger partial charge is 0.366 e. The second kappa shape index (κ2) is 3.97. The number of hydrogen-bond acceptors (Lipinski definition) is 1. The minimum Gasteiger partial charge on any atom is -0.366 e. The van der Waals surface area contributed by atoms with E-state index in [2.05, 4.69) is 44.2 Å². The van der Waals surface area contributed by atoms with Gasteiger partial charge < -0.3 is 4.74 Å². The van der Waals surface area contributed by atoms with Crippen molar-refractivity contribution in [2.75, 3.05) is 0 Å². The fourth-order valence-corrected chi connectivity index (χ4v) is 1.97. The summed E-state index contributed by atoms with van der Waals surface area (Å²) in [5.74, 6) is 0. The molecule has 2 rings (SSSR count). The van der Waals surface area contributed by atoms with E-state index in [0.717, 1.165) is 6.42 Å². The summed E-state index contributed by atoms with van der Waals surface area (Å²) >= 11 is 0. The van der Waals surface area contributed by atoms with Gasteiger partial charge in [-0.15, -0.1) is 0 Å². The van der Waals surface area contributed by atoms with Crippen molar-refractivity contribution in [1.29, 1.82) is 0 Å². The van der Waals surface area contributed by atoms with Crippen LogP contribution in [-0.4, -0.2) is 6.10 Å². The molecule has 1 heterocycles. The molecular weight excluding hydrogens is 172 g/mol. The van der Waals surface area contributed by atoms with Gasteiger partial charge in [0.05, 0.1) is 12.2 Å². The lowest BCUT2D eigenvalue weighted by atomic mass is 9.98. The van der Waals surface area contributed by atoms with Crippen LogP contribution in [-0.2, 0) is 4.74 Å². The van der Waals surface area contributed by atoms with Crippen molar-refractivity contribution >= 4 is 0 Å². The number of hydrogen-bond donors (Lipinski definition) is 0. The van der Waals surface area contributed by atoms with Gasteiger partial charge in [-0.1, -0.05) is 42.0 Å². The van der Waals surface area contributed by atoms with Crippen LogP contribution in [0.5, 0.6) is 0 Å². The van der Waals surface area contributed by atoms with E-state index >= 15 is 0 Å². The molecule has 0 saturated heterocycles. The summed E-state index contributed by atoms with van der Waals surface area (Å²) in [6.45, 7) is 4.27. The van der Waals surface area contributed by atoms with E-state index in [1.807, 2.05) is 6.07 Å².